The van der Waals surface area contributed by atoms with Crippen molar-refractivity contribution in [1.82, 2.24) is 14.5 Å². The van der Waals surface area contributed by atoms with Crippen molar-refractivity contribution >= 4 is 62.2 Å². The highest BCUT2D eigenvalue weighted by molar-refractivity contribution is 9.10. The van der Waals surface area contributed by atoms with Crippen molar-refractivity contribution in [2.45, 2.75) is 6.54 Å². The molecule has 2 heterocycles. The molecular formula is C26H22BrClN4O2S. The Balaban J connectivity index is 1.28. The summed E-state index contributed by atoms with van der Waals surface area (Å²) in [5, 5.41) is 1.28. The smallest absolute Gasteiger partial charge is 0.262 e. The lowest BCUT2D eigenvalue weighted by Crippen LogP contribution is -2.48. The van der Waals surface area contributed by atoms with Crippen LogP contribution in [0.25, 0.3) is 10.9 Å². The van der Waals surface area contributed by atoms with Crippen LogP contribution < -0.4 is 10.5 Å². The van der Waals surface area contributed by atoms with Crippen LogP contribution in [-0.2, 0) is 6.54 Å². The third kappa shape index (κ3) is 5.05. The summed E-state index contributed by atoms with van der Waals surface area (Å²) in [6, 6.07) is 20.6. The number of aromatic amines is 1. The number of hydrogen-bond donors (Lipinski definition) is 1. The van der Waals surface area contributed by atoms with Crippen LogP contribution in [0, 0.1) is 4.77 Å². The van der Waals surface area contributed by atoms with Gasteiger partial charge < -0.3 is 14.8 Å². The molecule has 6 nitrogen and oxygen atoms in total. The van der Waals surface area contributed by atoms with Crippen LogP contribution >= 0.6 is 39.7 Å². The minimum Gasteiger partial charge on any atom is -0.368 e. The van der Waals surface area contributed by atoms with Crippen molar-refractivity contribution < 1.29 is 4.79 Å². The van der Waals surface area contributed by atoms with Gasteiger partial charge >= 0.3 is 0 Å². The number of anilines is 1. The lowest BCUT2D eigenvalue weighted by molar-refractivity contribution is 0.0747. The summed E-state index contributed by atoms with van der Waals surface area (Å²) in [6.45, 7) is 3.12. The lowest BCUT2D eigenvalue weighted by Gasteiger charge is -2.36. The summed E-state index contributed by atoms with van der Waals surface area (Å²) < 4.78 is 2.73. The van der Waals surface area contributed by atoms with Crippen LogP contribution in [0.2, 0.25) is 5.02 Å². The van der Waals surface area contributed by atoms with Crippen LogP contribution in [0.1, 0.15) is 15.9 Å². The summed E-state index contributed by atoms with van der Waals surface area (Å²) in [5.74, 6) is 0.00677. The van der Waals surface area contributed by atoms with E-state index in [1.165, 1.54) is 4.57 Å². The van der Waals surface area contributed by atoms with Crippen molar-refractivity contribution in [3.05, 3.63) is 102 Å². The van der Waals surface area contributed by atoms with Gasteiger partial charge in [0.1, 0.15) is 0 Å². The van der Waals surface area contributed by atoms with Crippen molar-refractivity contribution in [2.24, 2.45) is 0 Å². The van der Waals surface area contributed by atoms with Crippen LogP contribution in [0.3, 0.4) is 0 Å². The highest BCUT2D eigenvalue weighted by Crippen LogP contribution is 2.21. The second-order valence-corrected chi connectivity index (χ2v) is 10.2. The maximum atomic E-state index is 13.1. The molecule has 5 rings (SSSR count). The third-order valence-electron chi connectivity index (χ3n) is 6.23. The molecule has 0 atom stereocenters. The highest BCUT2D eigenvalue weighted by atomic mass is 79.9. The number of benzene rings is 3. The maximum Gasteiger partial charge on any atom is 0.262 e. The highest BCUT2D eigenvalue weighted by Gasteiger charge is 2.22. The van der Waals surface area contributed by atoms with Gasteiger partial charge in [-0.2, -0.15) is 0 Å². The topological polar surface area (TPSA) is 61.3 Å². The van der Waals surface area contributed by atoms with Crippen molar-refractivity contribution in [3.63, 3.8) is 0 Å². The van der Waals surface area contributed by atoms with E-state index >= 15 is 0 Å². The Morgan fingerprint density at radius 3 is 2.46 bits per heavy atom. The fraction of sp³-hybridized carbons (Fsp3) is 0.192. The van der Waals surface area contributed by atoms with Gasteiger partial charge in [-0.05, 0) is 66.3 Å². The summed E-state index contributed by atoms with van der Waals surface area (Å²) >= 11 is 15.0. The molecule has 1 N–H and O–H groups in total. The number of fused-ring (bicyclic) bond motifs is 1. The number of nitrogens with zero attached hydrogens (tertiary/aromatic N) is 3. The molecule has 0 saturated carbocycles. The number of piperazine rings is 1. The number of halogens is 2. The molecule has 0 radical (unpaired) electrons. The Morgan fingerprint density at radius 1 is 1.00 bits per heavy atom. The predicted octanol–water partition coefficient (Wildman–Crippen LogP) is 5.49. The molecule has 178 valence electrons. The molecule has 0 aliphatic carbocycles. The number of hydrogen-bond acceptors (Lipinski definition) is 4. The molecule has 4 aromatic rings. The van der Waals surface area contributed by atoms with Gasteiger partial charge in [0.2, 0.25) is 0 Å². The van der Waals surface area contributed by atoms with E-state index in [0.29, 0.717) is 45.9 Å². The zero-order chi connectivity index (χ0) is 24.5. The standard InChI is InChI=1S/C26H22BrClN4O2S/c27-19-8-9-23-22(14-19)25(34)32(26(35)29-23)16-17-4-6-18(7-5-17)24(33)31-12-10-30(11-13-31)21-3-1-2-20(28)15-21/h1-9,14-15H,10-13,16H2,(H,29,35). The molecule has 0 spiro atoms. The average molecular weight is 570 g/mol. The van der Waals surface area contributed by atoms with Gasteiger partial charge in [-0.15, -0.1) is 0 Å². The van der Waals surface area contributed by atoms with E-state index in [2.05, 4.69) is 25.8 Å². The number of carbonyl (C=O) groups excluding carboxylic acids is 1. The minimum absolute atomic E-state index is 0.00677. The van der Waals surface area contributed by atoms with E-state index in [-0.39, 0.29) is 11.5 Å². The van der Waals surface area contributed by atoms with Crippen molar-refractivity contribution in [1.29, 1.82) is 0 Å². The number of rotatable bonds is 4. The zero-order valence-electron chi connectivity index (χ0n) is 18.7. The second kappa shape index (κ2) is 9.97. The van der Waals surface area contributed by atoms with E-state index in [9.17, 15) is 9.59 Å². The molecule has 0 bridgehead atoms. The third-order valence-corrected chi connectivity index (χ3v) is 7.28. The first kappa shape index (κ1) is 23.8. The number of carbonyl (C=O) groups is 1. The van der Waals surface area contributed by atoms with Gasteiger partial charge in [-0.3, -0.25) is 14.2 Å². The predicted molar refractivity (Wildman–Crippen MR) is 146 cm³/mol. The number of nitrogens with one attached hydrogen (secondary N) is 1. The normalized spacial score (nSPS) is 13.9. The molecule has 1 fully saturated rings. The molecule has 1 aliphatic heterocycles. The van der Waals surface area contributed by atoms with Crippen molar-refractivity contribution in [2.75, 3.05) is 31.1 Å². The first-order valence-electron chi connectivity index (χ1n) is 11.2. The summed E-state index contributed by atoms with van der Waals surface area (Å²) in [5.41, 5.74) is 3.15. The van der Waals surface area contributed by atoms with Gasteiger partial charge in [0.05, 0.1) is 17.4 Å². The first-order valence-corrected chi connectivity index (χ1v) is 12.8. The van der Waals surface area contributed by atoms with Gasteiger partial charge in [0.25, 0.3) is 11.5 Å². The van der Waals surface area contributed by atoms with E-state index in [1.54, 1.807) is 6.07 Å². The Morgan fingerprint density at radius 2 is 1.74 bits per heavy atom. The fourth-order valence-electron chi connectivity index (χ4n) is 4.32. The Kier molecular flexibility index (Phi) is 6.77. The molecule has 1 aromatic heterocycles. The molecule has 1 saturated heterocycles. The van der Waals surface area contributed by atoms with Gasteiger partial charge in [0, 0.05) is 46.9 Å². The molecule has 0 unspecified atom stereocenters. The van der Waals surface area contributed by atoms with Crippen LogP contribution in [0.5, 0.6) is 0 Å². The average Bonchev–Trinajstić information content (AvgIpc) is 2.87. The fourth-order valence-corrected chi connectivity index (χ4v) is 5.13. The van der Waals surface area contributed by atoms with E-state index in [0.717, 1.165) is 28.8 Å². The number of amides is 1. The quantitative estimate of drug-likeness (QED) is 0.331. The van der Waals surface area contributed by atoms with Gasteiger partial charge in [0.15, 0.2) is 4.77 Å². The van der Waals surface area contributed by atoms with Crippen LogP contribution in [-0.4, -0.2) is 46.5 Å². The van der Waals surface area contributed by atoms with E-state index in [4.69, 9.17) is 23.8 Å². The molecule has 9 heteroatoms. The largest absolute Gasteiger partial charge is 0.368 e. The summed E-state index contributed by atoms with van der Waals surface area (Å²) in [7, 11) is 0. The van der Waals surface area contributed by atoms with Crippen molar-refractivity contribution in [3.8, 4) is 0 Å². The molecule has 1 aliphatic rings. The second-order valence-electron chi connectivity index (χ2n) is 8.47. The van der Waals surface area contributed by atoms with E-state index in [1.807, 2.05) is 65.6 Å². The van der Waals surface area contributed by atoms with Crippen LogP contribution in [0.4, 0.5) is 5.69 Å². The summed E-state index contributed by atoms with van der Waals surface area (Å²) in [6.07, 6.45) is 0. The van der Waals surface area contributed by atoms with Gasteiger partial charge in [-0.1, -0.05) is 45.7 Å². The van der Waals surface area contributed by atoms with E-state index < -0.39 is 0 Å². The van der Waals surface area contributed by atoms with Crippen LogP contribution in [0.15, 0.2) is 76.0 Å². The number of aromatic nitrogens is 2. The first-order chi connectivity index (χ1) is 16.9. The molecular weight excluding hydrogens is 548 g/mol. The maximum absolute atomic E-state index is 13.1. The lowest BCUT2D eigenvalue weighted by atomic mass is 10.1. The Bertz CT molecular complexity index is 1530. The van der Waals surface area contributed by atoms with Gasteiger partial charge in [-0.25, -0.2) is 0 Å². The zero-order valence-corrected chi connectivity index (χ0v) is 21.9. The minimum atomic E-state index is -0.150. The molecule has 3 aromatic carbocycles. The Hall–Kier alpha value is -2.94. The summed E-state index contributed by atoms with van der Waals surface area (Å²) in [4.78, 5) is 33.3. The molecule has 1 amide bonds. The molecule has 35 heavy (non-hydrogen) atoms. The monoisotopic (exact) mass is 568 g/mol. The number of H-pyrrole nitrogens is 1. The Labute approximate surface area is 220 Å². The SMILES string of the molecule is O=C(c1ccc(Cn2c(=S)[nH]c3ccc(Br)cc3c2=O)cc1)N1CCN(c2cccc(Cl)c2)CC1.